The van der Waals surface area contributed by atoms with Gasteiger partial charge in [0.1, 0.15) is 5.76 Å². The van der Waals surface area contributed by atoms with Crippen molar-refractivity contribution < 1.29 is 18.3 Å². The second kappa shape index (κ2) is 5.14. The summed E-state index contributed by atoms with van der Waals surface area (Å²) in [6.45, 7) is 0.111. The highest BCUT2D eigenvalue weighted by Gasteiger charge is 2.28. The van der Waals surface area contributed by atoms with Crippen molar-refractivity contribution in [2.24, 2.45) is 0 Å². The molecule has 1 fully saturated rings. The second-order valence-electron chi connectivity index (χ2n) is 5.06. The first-order chi connectivity index (χ1) is 10.8. The zero-order valence-electron chi connectivity index (χ0n) is 11.5. The Balaban J connectivity index is 1.41. The maximum atomic E-state index is 11.7. The summed E-state index contributed by atoms with van der Waals surface area (Å²) in [6.07, 6.45) is 3.69. The Morgan fingerprint density at radius 3 is 3.00 bits per heavy atom. The van der Waals surface area contributed by atoms with Gasteiger partial charge in [-0.2, -0.15) is 4.98 Å². The van der Waals surface area contributed by atoms with Crippen molar-refractivity contribution in [2.75, 3.05) is 0 Å². The van der Waals surface area contributed by atoms with Gasteiger partial charge in [0.05, 0.1) is 12.8 Å². The average molecular weight is 300 g/mol. The number of furan rings is 1. The van der Waals surface area contributed by atoms with Crippen LogP contribution in [0.5, 0.6) is 0 Å². The molecule has 1 saturated carbocycles. The zero-order chi connectivity index (χ0) is 14.9. The molecule has 1 amide bonds. The highest BCUT2D eigenvalue weighted by atomic mass is 16.5. The molecule has 22 heavy (non-hydrogen) atoms. The van der Waals surface area contributed by atoms with E-state index in [0.29, 0.717) is 17.4 Å². The molecule has 0 unspecified atom stereocenters. The minimum Gasteiger partial charge on any atom is -0.459 e. The van der Waals surface area contributed by atoms with Crippen molar-refractivity contribution in [3.8, 4) is 11.5 Å². The molecule has 4 rings (SSSR count). The molecule has 0 radical (unpaired) electrons. The van der Waals surface area contributed by atoms with Crippen LogP contribution in [0.15, 0.2) is 37.9 Å². The molecule has 0 saturated heterocycles. The van der Waals surface area contributed by atoms with Gasteiger partial charge in [0, 0.05) is 12.0 Å². The fourth-order valence-corrected chi connectivity index (χ4v) is 2.04. The average Bonchev–Trinajstić information content (AvgIpc) is 3.02. The van der Waals surface area contributed by atoms with E-state index in [2.05, 4.69) is 20.6 Å². The van der Waals surface area contributed by atoms with E-state index >= 15 is 0 Å². The summed E-state index contributed by atoms with van der Waals surface area (Å²) in [6, 6.07) is 5.04. The SMILES string of the molecule is O=C(NCc1nc(-c2cc(C3CC3)on2)no1)c1ccco1. The molecule has 8 heteroatoms. The van der Waals surface area contributed by atoms with E-state index in [1.54, 1.807) is 12.1 Å². The third-order valence-corrected chi connectivity index (χ3v) is 3.35. The maximum Gasteiger partial charge on any atom is 0.287 e. The normalized spacial score (nSPS) is 14.2. The highest BCUT2D eigenvalue weighted by molar-refractivity contribution is 5.91. The van der Waals surface area contributed by atoms with Crippen molar-refractivity contribution in [1.82, 2.24) is 20.6 Å². The van der Waals surface area contributed by atoms with Gasteiger partial charge in [-0.15, -0.1) is 0 Å². The lowest BCUT2D eigenvalue weighted by atomic mass is 10.3. The molecule has 1 aliphatic rings. The highest BCUT2D eigenvalue weighted by Crippen LogP contribution is 2.40. The molecule has 1 N–H and O–H groups in total. The molecule has 1 aliphatic carbocycles. The number of hydrogen-bond acceptors (Lipinski definition) is 7. The van der Waals surface area contributed by atoms with Crippen LogP contribution in [0.1, 0.15) is 41.0 Å². The number of carbonyl (C=O) groups is 1. The third-order valence-electron chi connectivity index (χ3n) is 3.35. The summed E-state index contributed by atoms with van der Waals surface area (Å²) in [5, 5.41) is 10.4. The van der Waals surface area contributed by atoms with Crippen LogP contribution in [0.3, 0.4) is 0 Å². The molecule has 3 aromatic rings. The van der Waals surface area contributed by atoms with Gasteiger partial charge in [0.25, 0.3) is 5.91 Å². The first-order valence-corrected chi connectivity index (χ1v) is 6.91. The molecule has 3 heterocycles. The lowest BCUT2D eigenvalue weighted by Gasteiger charge is -1.97. The topological polar surface area (TPSA) is 107 Å². The van der Waals surface area contributed by atoms with Crippen molar-refractivity contribution in [2.45, 2.75) is 25.3 Å². The van der Waals surface area contributed by atoms with E-state index in [0.717, 1.165) is 18.6 Å². The number of aromatic nitrogens is 3. The first-order valence-electron chi connectivity index (χ1n) is 6.91. The van der Waals surface area contributed by atoms with E-state index < -0.39 is 0 Å². The Bertz CT molecular complexity index is 785. The molecular formula is C14H12N4O4. The minimum atomic E-state index is -0.345. The monoisotopic (exact) mass is 300 g/mol. The number of rotatable bonds is 5. The molecule has 0 bridgehead atoms. The number of carbonyl (C=O) groups excluding carboxylic acids is 1. The first kappa shape index (κ1) is 12.8. The Morgan fingerprint density at radius 1 is 1.32 bits per heavy atom. The van der Waals surface area contributed by atoms with Crippen molar-refractivity contribution in [3.05, 3.63) is 41.9 Å². The molecule has 0 aliphatic heterocycles. The van der Waals surface area contributed by atoms with E-state index in [-0.39, 0.29) is 24.1 Å². The van der Waals surface area contributed by atoms with Crippen LogP contribution in [-0.2, 0) is 6.54 Å². The Hall–Kier alpha value is -2.90. The summed E-state index contributed by atoms with van der Waals surface area (Å²) in [5.74, 6) is 1.84. The van der Waals surface area contributed by atoms with Gasteiger partial charge < -0.3 is 18.8 Å². The summed E-state index contributed by atoms with van der Waals surface area (Å²) < 4.78 is 15.3. The number of nitrogens with one attached hydrogen (secondary N) is 1. The van der Waals surface area contributed by atoms with E-state index in [9.17, 15) is 4.79 Å². The third kappa shape index (κ3) is 2.50. The predicted octanol–water partition coefficient (Wildman–Crippen LogP) is 2.12. The summed E-state index contributed by atoms with van der Waals surface area (Å²) in [5.41, 5.74) is 0.536. The lowest BCUT2D eigenvalue weighted by Crippen LogP contribution is -2.22. The van der Waals surface area contributed by atoms with Crippen LogP contribution in [0.25, 0.3) is 11.5 Å². The van der Waals surface area contributed by atoms with Gasteiger partial charge in [-0.25, -0.2) is 0 Å². The van der Waals surface area contributed by atoms with Gasteiger partial charge in [-0.05, 0) is 25.0 Å². The van der Waals surface area contributed by atoms with E-state index in [4.69, 9.17) is 13.5 Å². The zero-order valence-corrected chi connectivity index (χ0v) is 11.5. The smallest absolute Gasteiger partial charge is 0.287 e. The molecule has 0 atom stereocenters. The van der Waals surface area contributed by atoms with Crippen LogP contribution in [-0.4, -0.2) is 21.2 Å². The molecular weight excluding hydrogens is 288 g/mol. The Morgan fingerprint density at radius 2 is 2.23 bits per heavy atom. The fraction of sp³-hybridized carbons (Fsp3) is 0.286. The molecule has 8 nitrogen and oxygen atoms in total. The van der Waals surface area contributed by atoms with Crippen LogP contribution >= 0.6 is 0 Å². The largest absolute Gasteiger partial charge is 0.459 e. The molecule has 112 valence electrons. The lowest BCUT2D eigenvalue weighted by molar-refractivity contribution is 0.0918. The summed E-state index contributed by atoms with van der Waals surface area (Å²) >= 11 is 0. The number of nitrogens with zero attached hydrogens (tertiary/aromatic N) is 3. The van der Waals surface area contributed by atoms with Gasteiger partial charge >= 0.3 is 0 Å². The Kier molecular flexibility index (Phi) is 2.99. The number of amides is 1. The molecule has 3 aromatic heterocycles. The van der Waals surface area contributed by atoms with E-state index in [1.807, 2.05) is 6.07 Å². The second-order valence-corrected chi connectivity index (χ2v) is 5.06. The van der Waals surface area contributed by atoms with Crippen LogP contribution < -0.4 is 5.32 Å². The van der Waals surface area contributed by atoms with Crippen molar-refractivity contribution in [1.29, 1.82) is 0 Å². The molecule has 0 aromatic carbocycles. The van der Waals surface area contributed by atoms with Gasteiger partial charge in [0.2, 0.25) is 11.7 Å². The summed E-state index contributed by atoms with van der Waals surface area (Å²) in [4.78, 5) is 15.9. The fourth-order valence-electron chi connectivity index (χ4n) is 2.04. The van der Waals surface area contributed by atoms with Crippen molar-refractivity contribution >= 4 is 5.91 Å². The summed E-state index contributed by atoms with van der Waals surface area (Å²) in [7, 11) is 0. The van der Waals surface area contributed by atoms with Gasteiger partial charge in [-0.3, -0.25) is 4.79 Å². The van der Waals surface area contributed by atoms with Gasteiger partial charge in [0.15, 0.2) is 11.5 Å². The number of hydrogen-bond donors (Lipinski definition) is 1. The van der Waals surface area contributed by atoms with Crippen molar-refractivity contribution in [3.63, 3.8) is 0 Å². The maximum absolute atomic E-state index is 11.7. The van der Waals surface area contributed by atoms with Crippen LogP contribution in [0.4, 0.5) is 0 Å². The quantitative estimate of drug-likeness (QED) is 0.768. The van der Waals surface area contributed by atoms with E-state index in [1.165, 1.54) is 6.26 Å². The molecule has 0 spiro atoms. The van der Waals surface area contributed by atoms with Crippen LogP contribution in [0.2, 0.25) is 0 Å². The standard InChI is InChI=1S/C14H12N4O4/c19-14(10-2-1-5-20-10)15-7-12-16-13(18-22-12)9-6-11(21-17-9)8-3-4-8/h1-2,5-6,8H,3-4,7H2,(H,15,19). The predicted molar refractivity (Wildman–Crippen MR) is 71.6 cm³/mol. The minimum absolute atomic E-state index is 0.111. The Labute approximate surface area is 124 Å². The van der Waals surface area contributed by atoms with Crippen LogP contribution in [0, 0.1) is 0 Å². The van der Waals surface area contributed by atoms with Gasteiger partial charge in [-0.1, -0.05) is 10.3 Å².